The minimum atomic E-state index is -0.426. The van der Waals surface area contributed by atoms with Gasteiger partial charge in [0.05, 0.1) is 5.60 Å². The van der Waals surface area contributed by atoms with Crippen molar-refractivity contribution in [1.82, 2.24) is 5.32 Å². The average molecular weight is 225 g/mol. The van der Waals surface area contributed by atoms with Gasteiger partial charge in [-0.25, -0.2) is 0 Å². The molecule has 2 unspecified atom stereocenters. The zero-order chi connectivity index (χ0) is 11.8. The highest BCUT2D eigenvalue weighted by Crippen LogP contribution is 2.43. The predicted octanol–water partition coefficient (Wildman–Crippen LogP) is 2.71. The minimum Gasteiger partial charge on any atom is -0.388 e. The highest BCUT2D eigenvalue weighted by Gasteiger charge is 2.43. The second-order valence-corrected chi connectivity index (χ2v) is 6.90. The number of aliphatic hydroxyl groups is 1. The summed E-state index contributed by atoms with van der Waals surface area (Å²) < 4.78 is 0. The summed E-state index contributed by atoms with van der Waals surface area (Å²) in [6.07, 6.45) is 6.69. The summed E-state index contributed by atoms with van der Waals surface area (Å²) in [4.78, 5) is 0. The van der Waals surface area contributed by atoms with Gasteiger partial charge in [-0.05, 0) is 56.4 Å². The van der Waals surface area contributed by atoms with Crippen molar-refractivity contribution in [3.63, 3.8) is 0 Å². The summed E-state index contributed by atoms with van der Waals surface area (Å²) in [5.41, 5.74) is 0.0106. The molecule has 1 saturated carbocycles. The normalized spacial score (nSPS) is 38.2. The van der Waals surface area contributed by atoms with Crippen LogP contribution >= 0.6 is 0 Å². The van der Waals surface area contributed by atoms with Gasteiger partial charge in [-0.1, -0.05) is 20.8 Å². The summed E-state index contributed by atoms with van der Waals surface area (Å²) in [6.45, 7) is 8.04. The Balaban J connectivity index is 1.97. The van der Waals surface area contributed by atoms with Gasteiger partial charge in [-0.2, -0.15) is 0 Å². The Kier molecular flexibility index (Phi) is 3.33. The molecule has 2 fully saturated rings. The van der Waals surface area contributed by atoms with Crippen molar-refractivity contribution in [2.75, 3.05) is 6.54 Å². The van der Waals surface area contributed by atoms with Crippen LogP contribution < -0.4 is 5.32 Å². The summed E-state index contributed by atoms with van der Waals surface area (Å²) in [7, 11) is 0. The maximum atomic E-state index is 10.8. The van der Waals surface area contributed by atoms with E-state index < -0.39 is 5.60 Å². The fourth-order valence-electron chi connectivity index (χ4n) is 3.23. The molecule has 1 aliphatic carbocycles. The molecule has 0 aromatic heterocycles. The Morgan fingerprint density at radius 2 is 1.75 bits per heavy atom. The first-order valence-electron chi connectivity index (χ1n) is 6.87. The lowest BCUT2D eigenvalue weighted by molar-refractivity contribution is -0.0645. The van der Waals surface area contributed by atoms with Crippen LogP contribution in [0.2, 0.25) is 0 Å². The van der Waals surface area contributed by atoms with E-state index in [1.54, 1.807) is 0 Å². The predicted molar refractivity (Wildman–Crippen MR) is 67.4 cm³/mol. The van der Waals surface area contributed by atoms with E-state index in [0.29, 0.717) is 11.5 Å². The third-order valence-electron chi connectivity index (χ3n) is 4.78. The Labute approximate surface area is 99.8 Å². The van der Waals surface area contributed by atoms with Gasteiger partial charge in [0, 0.05) is 6.04 Å². The average Bonchev–Trinajstić information content (AvgIpc) is 2.23. The van der Waals surface area contributed by atoms with Gasteiger partial charge in [-0.3, -0.25) is 0 Å². The molecule has 0 aromatic carbocycles. The monoisotopic (exact) mass is 225 g/mol. The maximum absolute atomic E-state index is 10.8. The highest BCUT2D eigenvalue weighted by molar-refractivity contribution is 4.99. The summed E-state index contributed by atoms with van der Waals surface area (Å²) in [5.74, 6) is 0.769. The van der Waals surface area contributed by atoms with Gasteiger partial charge in [0.25, 0.3) is 0 Å². The van der Waals surface area contributed by atoms with Crippen LogP contribution in [0, 0.1) is 11.3 Å². The third kappa shape index (κ3) is 2.60. The van der Waals surface area contributed by atoms with Crippen molar-refractivity contribution in [1.29, 1.82) is 0 Å². The lowest BCUT2D eigenvalue weighted by Gasteiger charge is -2.47. The molecule has 2 N–H and O–H groups in total. The van der Waals surface area contributed by atoms with Crippen molar-refractivity contribution in [2.45, 2.75) is 70.9 Å². The van der Waals surface area contributed by atoms with Crippen LogP contribution in [0.15, 0.2) is 0 Å². The van der Waals surface area contributed by atoms with Crippen LogP contribution in [0.1, 0.15) is 59.3 Å². The number of piperidine rings is 1. The van der Waals surface area contributed by atoms with E-state index in [2.05, 4.69) is 26.1 Å². The van der Waals surface area contributed by atoms with E-state index >= 15 is 0 Å². The van der Waals surface area contributed by atoms with Gasteiger partial charge in [0.1, 0.15) is 0 Å². The van der Waals surface area contributed by atoms with Crippen LogP contribution in [-0.2, 0) is 0 Å². The quantitative estimate of drug-likeness (QED) is 0.719. The zero-order valence-corrected chi connectivity index (χ0v) is 11.1. The highest BCUT2D eigenvalue weighted by atomic mass is 16.3. The zero-order valence-electron chi connectivity index (χ0n) is 11.1. The van der Waals surface area contributed by atoms with Crippen LogP contribution in [0.5, 0.6) is 0 Å². The maximum Gasteiger partial charge on any atom is 0.0800 e. The van der Waals surface area contributed by atoms with E-state index in [9.17, 15) is 5.11 Å². The molecule has 1 saturated heterocycles. The van der Waals surface area contributed by atoms with E-state index in [-0.39, 0.29) is 0 Å². The molecule has 16 heavy (non-hydrogen) atoms. The molecule has 2 aliphatic rings. The van der Waals surface area contributed by atoms with Gasteiger partial charge in [0.15, 0.2) is 0 Å². The Morgan fingerprint density at radius 3 is 2.31 bits per heavy atom. The molecule has 0 radical (unpaired) electrons. The molecule has 0 spiro atoms. The second kappa shape index (κ2) is 4.30. The summed E-state index contributed by atoms with van der Waals surface area (Å²) in [6, 6.07) is 0.340. The molecule has 0 aromatic rings. The van der Waals surface area contributed by atoms with Crippen LogP contribution in [0.3, 0.4) is 0 Å². The first-order chi connectivity index (χ1) is 7.41. The molecule has 94 valence electrons. The van der Waals surface area contributed by atoms with Crippen molar-refractivity contribution < 1.29 is 5.11 Å². The SMILES string of the molecule is CC1CCNC(C2(O)CCC(C)(C)CC2)C1. The second-order valence-electron chi connectivity index (χ2n) is 6.90. The Hall–Kier alpha value is -0.0800. The van der Waals surface area contributed by atoms with Crippen molar-refractivity contribution in [3.05, 3.63) is 0 Å². The molecule has 0 amide bonds. The fourth-order valence-corrected chi connectivity index (χ4v) is 3.23. The Morgan fingerprint density at radius 1 is 1.12 bits per heavy atom. The molecule has 1 heterocycles. The van der Waals surface area contributed by atoms with Crippen LogP contribution in [0.25, 0.3) is 0 Å². The van der Waals surface area contributed by atoms with Crippen LogP contribution in [0.4, 0.5) is 0 Å². The van der Waals surface area contributed by atoms with E-state index in [1.165, 1.54) is 6.42 Å². The molecule has 2 atom stereocenters. The molecule has 2 nitrogen and oxygen atoms in total. The van der Waals surface area contributed by atoms with Crippen molar-refractivity contribution in [3.8, 4) is 0 Å². The standard InChI is InChI=1S/C14H27NO/c1-11-4-9-15-12(10-11)14(16)7-5-13(2,3)6-8-14/h11-12,15-16H,4-10H2,1-3H3. The lowest BCUT2D eigenvalue weighted by atomic mass is 9.67. The third-order valence-corrected chi connectivity index (χ3v) is 4.78. The molecular weight excluding hydrogens is 198 g/mol. The summed E-state index contributed by atoms with van der Waals surface area (Å²) >= 11 is 0. The van der Waals surface area contributed by atoms with Gasteiger partial charge in [0.2, 0.25) is 0 Å². The lowest BCUT2D eigenvalue weighted by Crippen LogP contribution is -2.56. The van der Waals surface area contributed by atoms with Crippen LogP contribution in [-0.4, -0.2) is 23.3 Å². The number of hydrogen-bond acceptors (Lipinski definition) is 2. The molecule has 0 bridgehead atoms. The Bertz CT molecular complexity index is 239. The van der Waals surface area contributed by atoms with Crippen molar-refractivity contribution in [2.24, 2.45) is 11.3 Å². The number of hydrogen-bond donors (Lipinski definition) is 2. The molecular formula is C14H27NO. The largest absolute Gasteiger partial charge is 0.388 e. The number of nitrogens with one attached hydrogen (secondary N) is 1. The van der Waals surface area contributed by atoms with E-state index in [1.807, 2.05) is 0 Å². The molecule has 2 rings (SSSR count). The molecule has 2 heteroatoms. The van der Waals surface area contributed by atoms with Gasteiger partial charge >= 0.3 is 0 Å². The van der Waals surface area contributed by atoms with E-state index in [0.717, 1.165) is 44.6 Å². The van der Waals surface area contributed by atoms with Gasteiger partial charge in [-0.15, -0.1) is 0 Å². The number of rotatable bonds is 1. The minimum absolute atomic E-state index is 0.340. The topological polar surface area (TPSA) is 32.3 Å². The van der Waals surface area contributed by atoms with E-state index in [4.69, 9.17) is 0 Å². The molecule has 1 aliphatic heterocycles. The summed E-state index contributed by atoms with van der Waals surface area (Å²) in [5, 5.41) is 14.3. The smallest absolute Gasteiger partial charge is 0.0800 e. The van der Waals surface area contributed by atoms with Crippen molar-refractivity contribution >= 4 is 0 Å². The first-order valence-corrected chi connectivity index (χ1v) is 6.87. The van der Waals surface area contributed by atoms with Gasteiger partial charge < -0.3 is 10.4 Å². The first kappa shape index (κ1) is 12.4. The fraction of sp³-hybridized carbons (Fsp3) is 1.00.